The summed E-state index contributed by atoms with van der Waals surface area (Å²) in [7, 11) is -2.01. The van der Waals surface area contributed by atoms with E-state index in [-0.39, 0.29) is 34.7 Å². The smallest absolute Gasteiger partial charge is 0.192 e. The van der Waals surface area contributed by atoms with Crippen molar-refractivity contribution in [2.24, 2.45) is 23.2 Å². The van der Waals surface area contributed by atoms with Crippen LogP contribution in [0.25, 0.3) is 0 Å². The number of rotatable bonds is 6. The molecule has 0 aromatic rings. The lowest BCUT2D eigenvalue weighted by Crippen LogP contribution is -2.47. The minimum Gasteiger partial charge on any atom is -0.410 e. The lowest BCUT2D eigenvalue weighted by Gasteiger charge is -2.43. The van der Waals surface area contributed by atoms with Crippen LogP contribution in [0.3, 0.4) is 0 Å². The molecule has 0 amide bonds. The van der Waals surface area contributed by atoms with Gasteiger partial charge in [0.2, 0.25) is 0 Å². The third-order valence-electron chi connectivity index (χ3n) is 8.12. The minimum atomic E-state index is -2.01. The van der Waals surface area contributed by atoms with E-state index in [1.807, 2.05) is 6.08 Å². The number of ether oxygens (including phenoxy) is 2. The van der Waals surface area contributed by atoms with Crippen LogP contribution in [0, 0.1) is 35.0 Å². The molecule has 2 saturated carbocycles. The molecule has 5 heteroatoms. The highest BCUT2D eigenvalue weighted by atomic mass is 28.4. The van der Waals surface area contributed by atoms with Gasteiger partial charge < -0.3 is 13.9 Å². The topological polar surface area (TPSA) is 44.8 Å². The Morgan fingerprint density at radius 2 is 1.94 bits per heavy atom. The maximum absolute atomic E-state index is 13.0. The van der Waals surface area contributed by atoms with E-state index in [4.69, 9.17) is 16.6 Å². The molecule has 2 aliphatic carbocycles. The van der Waals surface area contributed by atoms with Crippen molar-refractivity contribution in [3.63, 3.8) is 0 Å². The van der Waals surface area contributed by atoms with Gasteiger partial charge in [0.05, 0.1) is 19.3 Å². The van der Waals surface area contributed by atoms with Crippen LogP contribution in [-0.2, 0) is 18.7 Å². The van der Waals surface area contributed by atoms with Crippen molar-refractivity contribution in [3.05, 3.63) is 11.6 Å². The molecule has 0 bridgehead atoms. The molecule has 1 unspecified atom stereocenters. The van der Waals surface area contributed by atoms with Gasteiger partial charge in [-0.1, -0.05) is 47.6 Å². The van der Waals surface area contributed by atoms with E-state index in [0.717, 1.165) is 19.3 Å². The number of allylic oxidation sites excluding steroid dienone is 1. The molecule has 0 aromatic heterocycles. The summed E-state index contributed by atoms with van der Waals surface area (Å²) in [5, 5.41) is 0.0946. The Balaban J connectivity index is 1.83. The summed E-state index contributed by atoms with van der Waals surface area (Å²) in [4.78, 5) is 13.0. The molecule has 186 valence electrons. The van der Waals surface area contributed by atoms with Crippen LogP contribution in [0.4, 0.5) is 0 Å². The second-order valence-electron chi connectivity index (χ2n) is 12.6. The number of Topliss-reactive ketones (excluding diaryl/α,β-unsaturated/α-hetero) is 1. The summed E-state index contributed by atoms with van der Waals surface area (Å²) >= 11 is 0. The van der Waals surface area contributed by atoms with Crippen LogP contribution in [0.15, 0.2) is 11.6 Å². The number of hydrogen-bond acceptors (Lipinski definition) is 4. The molecule has 1 aliphatic heterocycles. The predicted octanol–water partition coefficient (Wildman–Crippen LogP) is 6.51. The number of ketones is 1. The molecule has 1 heterocycles. The molecule has 4 nitrogen and oxygen atoms in total. The predicted molar refractivity (Wildman–Crippen MR) is 136 cm³/mol. The summed E-state index contributed by atoms with van der Waals surface area (Å²) < 4.78 is 35.9. The monoisotopic (exact) mass is 476 g/mol. The first kappa shape index (κ1) is 23.8. The lowest BCUT2D eigenvalue weighted by molar-refractivity contribution is -0.297. The molecule has 3 fully saturated rings. The van der Waals surface area contributed by atoms with E-state index in [9.17, 15) is 4.79 Å². The maximum Gasteiger partial charge on any atom is 0.192 e. The minimum absolute atomic E-state index is 0.00132. The summed E-state index contributed by atoms with van der Waals surface area (Å²) in [5.74, 6) is 4.41. The summed E-state index contributed by atoms with van der Waals surface area (Å²) in [6.07, 6.45) is 3.00. The van der Waals surface area contributed by atoms with Crippen molar-refractivity contribution in [2.75, 3.05) is 13.2 Å². The van der Waals surface area contributed by atoms with Gasteiger partial charge in [-0.3, -0.25) is 4.79 Å². The van der Waals surface area contributed by atoms with Crippen molar-refractivity contribution >= 4 is 14.1 Å². The molecular formula is C28H46O4Si. The molecule has 0 aromatic carbocycles. The van der Waals surface area contributed by atoms with E-state index in [2.05, 4.69) is 59.6 Å². The molecule has 1 saturated heterocycles. The van der Waals surface area contributed by atoms with Gasteiger partial charge in [0, 0.05) is 39.7 Å². The zero-order valence-corrected chi connectivity index (χ0v) is 23.3. The van der Waals surface area contributed by atoms with Crippen LogP contribution < -0.4 is 0 Å². The SMILES string of the molecule is [2H]C([2H])(C#CC)C(C)C(=O)CC=C1[C@H]2CC3(C[C@H]2C[C@H]1O[Si](C)(C)C(C)(C)C)OCC(C)(C)CO3. The van der Waals surface area contributed by atoms with Gasteiger partial charge in [0.1, 0.15) is 5.78 Å². The van der Waals surface area contributed by atoms with Gasteiger partial charge in [-0.25, -0.2) is 0 Å². The standard InChI is InChI=1S/C28H46O4Si/c1-10-11-12-20(2)24(29)14-13-22-23-17-28(30-18-27(6,7)19-31-28)16-21(23)15-25(22)32-33(8,9)26(3,4)5/h13,20-21,23,25H,12,14-19H2,1-9H3/t20?,21-,23+,25-/m1/s1/i12D2. The normalized spacial score (nSPS) is 32.0. The molecule has 3 rings (SSSR count). The van der Waals surface area contributed by atoms with Gasteiger partial charge in [0.15, 0.2) is 14.1 Å². The summed E-state index contributed by atoms with van der Waals surface area (Å²) in [5.41, 5.74) is 1.22. The van der Waals surface area contributed by atoms with Gasteiger partial charge in [0.25, 0.3) is 0 Å². The van der Waals surface area contributed by atoms with Crippen molar-refractivity contribution in [2.45, 2.75) is 111 Å². The van der Waals surface area contributed by atoms with E-state index in [0.29, 0.717) is 19.1 Å². The fraction of sp³-hybridized carbons (Fsp3) is 0.821. The zero-order valence-electron chi connectivity index (χ0n) is 24.3. The first-order valence-corrected chi connectivity index (χ1v) is 15.5. The van der Waals surface area contributed by atoms with Crippen LogP contribution in [0.2, 0.25) is 18.1 Å². The summed E-state index contributed by atoms with van der Waals surface area (Å²) in [6, 6.07) is 0. The second kappa shape index (κ2) is 9.61. The Bertz CT molecular complexity index is 896. The van der Waals surface area contributed by atoms with Crippen molar-refractivity contribution in [3.8, 4) is 11.8 Å². The Kier molecular flexibility index (Phi) is 6.93. The van der Waals surface area contributed by atoms with Crippen molar-refractivity contribution in [1.82, 2.24) is 0 Å². The van der Waals surface area contributed by atoms with Crippen LogP contribution >= 0.6 is 0 Å². The Labute approximate surface area is 206 Å². The van der Waals surface area contributed by atoms with Gasteiger partial charge >= 0.3 is 0 Å². The number of carbonyl (C=O) groups excluding carboxylic acids is 1. The van der Waals surface area contributed by atoms with Crippen LogP contribution in [0.1, 0.15) is 83.3 Å². The lowest BCUT2D eigenvalue weighted by atomic mass is 9.92. The van der Waals surface area contributed by atoms with E-state index in [1.54, 1.807) is 13.8 Å². The average Bonchev–Trinajstić information content (AvgIpc) is 3.21. The first-order chi connectivity index (χ1) is 15.9. The molecule has 1 spiro atoms. The quantitative estimate of drug-likeness (QED) is 0.249. The van der Waals surface area contributed by atoms with Gasteiger partial charge in [-0.15, -0.1) is 11.8 Å². The van der Waals surface area contributed by atoms with Crippen LogP contribution in [-0.4, -0.2) is 39.2 Å². The van der Waals surface area contributed by atoms with Crippen LogP contribution in [0.5, 0.6) is 0 Å². The van der Waals surface area contributed by atoms with E-state index >= 15 is 0 Å². The number of carbonyl (C=O) groups is 1. The second-order valence-corrected chi connectivity index (χ2v) is 17.4. The fourth-order valence-electron chi connectivity index (χ4n) is 4.97. The third-order valence-corrected chi connectivity index (χ3v) is 12.6. The Morgan fingerprint density at radius 3 is 2.52 bits per heavy atom. The van der Waals surface area contributed by atoms with E-state index in [1.165, 1.54) is 5.57 Å². The highest BCUT2D eigenvalue weighted by Gasteiger charge is 2.56. The molecule has 0 N–H and O–H groups in total. The summed E-state index contributed by atoms with van der Waals surface area (Å²) in [6.45, 7) is 20.3. The van der Waals surface area contributed by atoms with E-state index < -0.39 is 26.4 Å². The third kappa shape index (κ3) is 6.01. The highest BCUT2D eigenvalue weighted by molar-refractivity contribution is 6.74. The average molecular weight is 477 g/mol. The molecule has 4 atom stereocenters. The van der Waals surface area contributed by atoms with Crippen molar-refractivity contribution < 1.29 is 21.4 Å². The zero-order chi connectivity index (χ0) is 26.4. The van der Waals surface area contributed by atoms with Crippen molar-refractivity contribution in [1.29, 1.82) is 0 Å². The molecule has 33 heavy (non-hydrogen) atoms. The number of fused-ring (bicyclic) bond motifs is 1. The Morgan fingerprint density at radius 1 is 1.30 bits per heavy atom. The highest BCUT2D eigenvalue weighted by Crippen LogP contribution is 2.56. The molecule has 3 aliphatic rings. The molecular weight excluding hydrogens is 428 g/mol. The fourth-order valence-corrected chi connectivity index (χ4v) is 6.27. The maximum atomic E-state index is 13.0. The largest absolute Gasteiger partial charge is 0.410 e. The van der Waals surface area contributed by atoms with Gasteiger partial charge in [-0.2, -0.15) is 0 Å². The molecule has 0 radical (unpaired) electrons. The van der Waals surface area contributed by atoms with Gasteiger partial charge in [-0.05, 0) is 48.9 Å². The Hall–Kier alpha value is -0.933. The number of hydrogen-bond donors (Lipinski definition) is 0. The first-order valence-electron chi connectivity index (χ1n) is 13.5.